The van der Waals surface area contributed by atoms with E-state index < -0.39 is 0 Å². The van der Waals surface area contributed by atoms with E-state index in [0.29, 0.717) is 11.9 Å². The third kappa shape index (κ3) is 4.04. The fraction of sp³-hybridized carbons (Fsp3) is 0.0870. The Kier molecular flexibility index (Phi) is 5.04. The standard InChI is InChI=1S/C23H21N9/c1-14(29-31-22-25-18-8-3-4-9-19(18)26-22)16-12-7-13-17(24-16)15(2)30-32-23-27-20-10-5-6-11-21(20)28-23/h3-13H,1-2H3,(H2,25,26,31)(H2,27,28,32). The number of aromatic amines is 2. The summed E-state index contributed by atoms with van der Waals surface area (Å²) < 4.78 is 0. The average molecular weight is 423 g/mol. The molecular weight excluding hydrogens is 402 g/mol. The molecule has 0 aliphatic heterocycles. The molecule has 5 aromatic rings. The smallest absolute Gasteiger partial charge is 0.222 e. The SMILES string of the molecule is CC(=NNc1nc2ccccc2[nH]1)c1cccc(C(C)=NNc2nc3ccccc3[nH]2)n1. The quantitative estimate of drug-likeness (QED) is 0.237. The third-order valence-corrected chi connectivity index (χ3v) is 4.93. The van der Waals surface area contributed by atoms with Crippen molar-refractivity contribution in [3.8, 4) is 0 Å². The third-order valence-electron chi connectivity index (χ3n) is 4.93. The van der Waals surface area contributed by atoms with Gasteiger partial charge in [-0.15, -0.1) is 0 Å². The maximum atomic E-state index is 4.68. The molecule has 9 nitrogen and oxygen atoms in total. The Bertz CT molecular complexity index is 1290. The van der Waals surface area contributed by atoms with Crippen molar-refractivity contribution >= 4 is 45.4 Å². The fourth-order valence-corrected chi connectivity index (χ4v) is 3.24. The zero-order chi connectivity index (χ0) is 21.9. The number of hydrogen-bond donors (Lipinski definition) is 4. The molecule has 0 spiro atoms. The van der Waals surface area contributed by atoms with E-state index in [0.717, 1.165) is 44.9 Å². The average Bonchev–Trinajstić information content (AvgIpc) is 3.44. The lowest BCUT2D eigenvalue weighted by Crippen LogP contribution is -2.08. The molecule has 0 unspecified atom stereocenters. The van der Waals surface area contributed by atoms with Gasteiger partial charge < -0.3 is 9.97 Å². The van der Waals surface area contributed by atoms with E-state index in [9.17, 15) is 0 Å². The molecule has 0 aliphatic carbocycles. The Morgan fingerprint density at radius 3 is 1.56 bits per heavy atom. The van der Waals surface area contributed by atoms with Crippen molar-refractivity contribution in [3.63, 3.8) is 0 Å². The first kappa shape index (κ1) is 19.4. The van der Waals surface area contributed by atoms with Crippen molar-refractivity contribution in [1.29, 1.82) is 0 Å². The summed E-state index contributed by atoms with van der Waals surface area (Å²) in [4.78, 5) is 20.0. The van der Waals surface area contributed by atoms with Crippen molar-refractivity contribution in [3.05, 3.63) is 78.1 Å². The van der Waals surface area contributed by atoms with Gasteiger partial charge in [-0.3, -0.25) is 0 Å². The van der Waals surface area contributed by atoms with E-state index in [1.807, 2.05) is 80.6 Å². The predicted molar refractivity (Wildman–Crippen MR) is 128 cm³/mol. The highest BCUT2D eigenvalue weighted by Gasteiger charge is 2.06. The van der Waals surface area contributed by atoms with Crippen molar-refractivity contribution in [2.24, 2.45) is 10.2 Å². The highest BCUT2D eigenvalue weighted by molar-refractivity contribution is 6.01. The Labute approximate surface area is 183 Å². The second-order valence-corrected chi connectivity index (χ2v) is 7.23. The molecule has 9 heteroatoms. The summed E-state index contributed by atoms with van der Waals surface area (Å²) in [5.41, 5.74) is 12.5. The van der Waals surface area contributed by atoms with Gasteiger partial charge >= 0.3 is 0 Å². The van der Waals surface area contributed by atoms with Crippen molar-refractivity contribution < 1.29 is 0 Å². The van der Waals surface area contributed by atoms with Gasteiger partial charge in [0.2, 0.25) is 11.9 Å². The van der Waals surface area contributed by atoms with Gasteiger partial charge in [0.1, 0.15) is 0 Å². The molecule has 2 aromatic carbocycles. The van der Waals surface area contributed by atoms with Gasteiger partial charge in [-0.25, -0.2) is 25.8 Å². The maximum absolute atomic E-state index is 4.68. The lowest BCUT2D eigenvalue weighted by molar-refractivity contribution is 1.17. The Morgan fingerprint density at radius 1 is 0.625 bits per heavy atom. The summed E-state index contributed by atoms with van der Waals surface area (Å²) in [5.74, 6) is 1.16. The normalized spacial score (nSPS) is 12.4. The number of hydrogen-bond acceptors (Lipinski definition) is 7. The Hall–Kier alpha value is -4.53. The minimum atomic E-state index is 0.578. The number of fused-ring (bicyclic) bond motifs is 2. The number of H-pyrrole nitrogens is 2. The molecule has 5 rings (SSSR count). The van der Waals surface area contributed by atoms with Crippen LogP contribution in [-0.4, -0.2) is 36.3 Å². The van der Waals surface area contributed by atoms with Gasteiger partial charge in [-0.2, -0.15) is 10.2 Å². The summed E-state index contributed by atoms with van der Waals surface area (Å²) in [6.07, 6.45) is 0. The first-order valence-corrected chi connectivity index (χ1v) is 10.1. The largest absolute Gasteiger partial charge is 0.323 e. The highest BCUT2D eigenvalue weighted by Crippen LogP contribution is 2.14. The topological polar surface area (TPSA) is 119 Å². The van der Waals surface area contributed by atoms with Gasteiger partial charge in [0.25, 0.3) is 0 Å². The molecule has 0 atom stereocenters. The van der Waals surface area contributed by atoms with Crippen LogP contribution in [0, 0.1) is 0 Å². The summed E-state index contributed by atoms with van der Waals surface area (Å²) >= 11 is 0. The van der Waals surface area contributed by atoms with Crippen LogP contribution in [-0.2, 0) is 0 Å². The van der Waals surface area contributed by atoms with Crippen molar-refractivity contribution in [2.75, 3.05) is 10.9 Å². The van der Waals surface area contributed by atoms with E-state index in [1.165, 1.54) is 0 Å². The summed E-state index contributed by atoms with van der Waals surface area (Å²) in [6.45, 7) is 3.78. The molecule has 0 saturated heterocycles. The van der Waals surface area contributed by atoms with Gasteiger partial charge in [0.15, 0.2) is 0 Å². The van der Waals surface area contributed by atoms with Crippen LogP contribution >= 0.6 is 0 Å². The first-order valence-electron chi connectivity index (χ1n) is 10.1. The molecule has 0 amide bonds. The van der Waals surface area contributed by atoms with Crippen LogP contribution in [0.5, 0.6) is 0 Å². The zero-order valence-electron chi connectivity index (χ0n) is 17.6. The highest BCUT2D eigenvalue weighted by atomic mass is 15.4. The number of anilines is 2. The number of pyridine rings is 1. The first-order chi connectivity index (χ1) is 15.7. The number of aromatic nitrogens is 5. The molecule has 0 saturated carbocycles. The molecule has 0 radical (unpaired) electrons. The van der Waals surface area contributed by atoms with Crippen LogP contribution in [0.3, 0.4) is 0 Å². The van der Waals surface area contributed by atoms with Crippen molar-refractivity contribution in [1.82, 2.24) is 24.9 Å². The van der Waals surface area contributed by atoms with Gasteiger partial charge in [0.05, 0.1) is 44.9 Å². The van der Waals surface area contributed by atoms with Crippen LogP contribution in [0.1, 0.15) is 25.2 Å². The minimum absolute atomic E-state index is 0.578. The lowest BCUT2D eigenvalue weighted by atomic mass is 10.2. The molecule has 158 valence electrons. The molecule has 3 aromatic heterocycles. The molecule has 0 aliphatic rings. The predicted octanol–water partition coefficient (Wildman–Crippen LogP) is 4.51. The summed E-state index contributed by atoms with van der Waals surface area (Å²) in [7, 11) is 0. The summed E-state index contributed by atoms with van der Waals surface area (Å²) in [5, 5.41) is 8.84. The number of imidazole rings is 2. The number of hydrazone groups is 2. The molecular formula is C23H21N9. The van der Waals surface area contributed by atoms with Crippen LogP contribution in [0.2, 0.25) is 0 Å². The Balaban J connectivity index is 1.31. The van der Waals surface area contributed by atoms with Gasteiger partial charge in [-0.1, -0.05) is 30.3 Å². The number of nitrogens with one attached hydrogen (secondary N) is 4. The van der Waals surface area contributed by atoms with E-state index in [4.69, 9.17) is 0 Å². The zero-order valence-corrected chi connectivity index (χ0v) is 17.6. The second-order valence-electron chi connectivity index (χ2n) is 7.23. The Morgan fingerprint density at radius 2 is 1.09 bits per heavy atom. The number of nitrogens with zero attached hydrogens (tertiary/aromatic N) is 5. The van der Waals surface area contributed by atoms with Gasteiger partial charge in [-0.05, 0) is 50.2 Å². The van der Waals surface area contributed by atoms with E-state index in [-0.39, 0.29) is 0 Å². The molecule has 3 heterocycles. The second kappa shape index (κ2) is 8.31. The summed E-state index contributed by atoms with van der Waals surface area (Å²) in [6, 6.07) is 21.4. The van der Waals surface area contributed by atoms with Crippen molar-refractivity contribution in [2.45, 2.75) is 13.8 Å². The molecule has 0 bridgehead atoms. The van der Waals surface area contributed by atoms with E-state index in [1.54, 1.807) is 0 Å². The van der Waals surface area contributed by atoms with E-state index in [2.05, 4.69) is 46.0 Å². The van der Waals surface area contributed by atoms with Crippen LogP contribution in [0.4, 0.5) is 11.9 Å². The molecule has 32 heavy (non-hydrogen) atoms. The number of benzene rings is 2. The molecule has 0 fully saturated rings. The minimum Gasteiger partial charge on any atom is -0.323 e. The number of para-hydroxylation sites is 4. The van der Waals surface area contributed by atoms with Crippen LogP contribution < -0.4 is 10.9 Å². The van der Waals surface area contributed by atoms with Crippen LogP contribution in [0.15, 0.2) is 76.9 Å². The lowest BCUT2D eigenvalue weighted by Gasteiger charge is -2.05. The molecule has 4 N–H and O–H groups in total. The fourth-order valence-electron chi connectivity index (χ4n) is 3.24. The van der Waals surface area contributed by atoms with E-state index >= 15 is 0 Å². The number of rotatable bonds is 6. The van der Waals surface area contributed by atoms with Gasteiger partial charge in [0, 0.05) is 0 Å². The monoisotopic (exact) mass is 423 g/mol. The van der Waals surface area contributed by atoms with Crippen LogP contribution in [0.25, 0.3) is 22.1 Å². The maximum Gasteiger partial charge on any atom is 0.222 e.